The standard InChI is InChI=1S/C18H26FN3O2/c1-18(2,3)17(24)22-10-4-9-21(11-12-22)13-16(23)20-15-7-5-14(19)6-8-15/h5-8H,4,9-13H2,1-3H3,(H,20,23). The molecule has 2 amide bonds. The van der Waals surface area contributed by atoms with Crippen molar-refractivity contribution in [1.82, 2.24) is 9.80 Å². The quantitative estimate of drug-likeness (QED) is 0.922. The number of carbonyl (C=O) groups excluding carboxylic acids is 2. The van der Waals surface area contributed by atoms with Gasteiger partial charge < -0.3 is 10.2 Å². The smallest absolute Gasteiger partial charge is 0.238 e. The zero-order chi connectivity index (χ0) is 17.7. The van der Waals surface area contributed by atoms with E-state index in [0.29, 0.717) is 18.8 Å². The van der Waals surface area contributed by atoms with Crippen molar-refractivity contribution in [3.63, 3.8) is 0 Å². The Morgan fingerprint density at radius 1 is 1.08 bits per heavy atom. The molecule has 0 spiro atoms. The summed E-state index contributed by atoms with van der Waals surface area (Å²) in [5, 5.41) is 2.77. The molecule has 1 saturated heterocycles. The molecule has 1 aliphatic rings. The van der Waals surface area contributed by atoms with Crippen LogP contribution in [0.4, 0.5) is 10.1 Å². The van der Waals surface area contributed by atoms with E-state index in [0.717, 1.165) is 19.5 Å². The molecule has 6 heteroatoms. The van der Waals surface area contributed by atoms with Crippen LogP contribution in [0.2, 0.25) is 0 Å². The third-order valence-electron chi connectivity index (χ3n) is 4.01. The number of hydrogen-bond acceptors (Lipinski definition) is 3. The van der Waals surface area contributed by atoms with Crippen LogP contribution in [-0.2, 0) is 9.59 Å². The summed E-state index contributed by atoms with van der Waals surface area (Å²) in [7, 11) is 0. The first-order chi connectivity index (χ1) is 11.3. The van der Waals surface area contributed by atoms with E-state index < -0.39 is 0 Å². The van der Waals surface area contributed by atoms with Crippen molar-refractivity contribution < 1.29 is 14.0 Å². The van der Waals surface area contributed by atoms with Gasteiger partial charge in [-0.05, 0) is 30.7 Å². The number of carbonyl (C=O) groups is 2. The Hall–Kier alpha value is -1.95. The number of nitrogens with zero attached hydrogens (tertiary/aromatic N) is 2. The van der Waals surface area contributed by atoms with Gasteiger partial charge >= 0.3 is 0 Å². The number of hydrogen-bond donors (Lipinski definition) is 1. The molecule has 132 valence electrons. The van der Waals surface area contributed by atoms with Crippen molar-refractivity contribution >= 4 is 17.5 Å². The van der Waals surface area contributed by atoms with E-state index in [1.807, 2.05) is 25.7 Å². The Morgan fingerprint density at radius 3 is 2.38 bits per heavy atom. The molecule has 0 aliphatic carbocycles. The zero-order valence-electron chi connectivity index (χ0n) is 14.6. The van der Waals surface area contributed by atoms with Crippen molar-refractivity contribution in [2.45, 2.75) is 27.2 Å². The average Bonchev–Trinajstić information content (AvgIpc) is 2.73. The maximum absolute atomic E-state index is 12.9. The van der Waals surface area contributed by atoms with Crippen molar-refractivity contribution in [2.75, 3.05) is 38.0 Å². The van der Waals surface area contributed by atoms with Gasteiger partial charge in [-0.1, -0.05) is 20.8 Å². The summed E-state index contributed by atoms with van der Waals surface area (Å²) in [4.78, 5) is 28.4. The van der Waals surface area contributed by atoms with Gasteiger partial charge in [0.2, 0.25) is 11.8 Å². The predicted molar refractivity (Wildman–Crippen MR) is 92.1 cm³/mol. The minimum absolute atomic E-state index is 0.128. The second kappa shape index (κ2) is 7.75. The van der Waals surface area contributed by atoms with Crippen LogP contribution in [0.5, 0.6) is 0 Å². The summed E-state index contributed by atoms with van der Waals surface area (Å²) in [6.07, 6.45) is 0.853. The second-order valence-corrected chi connectivity index (χ2v) is 7.23. The molecular weight excluding hydrogens is 309 g/mol. The highest BCUT2D eigenvalue weighted by Crippen LogP contribution is 2.18. The van der Waals surface area contributed by atoms with Gasteiger partial charge in [0, 0.05) is 37.3 Å². The van der Waals surface area contributed by atoms with Crippen LogP contribution in [0, 0.1) is 11.2 Å². The summed E-state index contributed by atoms with van der Waals surface area (Å²) in [6, 6.07) is 5.72. The molecule has 0 saturated carbocycles. The van der Waals surface area contributed by atoms with E-state index >= 15 is 0 Å². The first kappa shape index (κ1) is 18.4. The molecule has 1 aliphatic heterocycles. The SMILES string of the molecule is CC(C)(C)C(=O)N1CCCN(CC(=O)Nc2ccc(F)cc2)CC1. The summed E-state index contributed by atoms with van der Waals surface area (Å²) in [6.45, 7) is 8.88. The van der Waals surface area contributed by atoms with Gasteiger partial charge in [0.05, 0.1) is 6.54 Å². The van der Waals surface area contributed by atoms with E-state index in [9.17, 15) is 14.0 Å². The van der Waals surface area contributed by atoms with Gasteiger partial charge in [-0.3, -0.25) is 14.5 Å². The lowest BCUT2D eigenvalue weighted by atomic mass is 9.94. The van der Waals surface area contributed by atoms with Crippen LogP contribution in [0.1, 0.15) is 27.2 Å². The van der Waals surface area contributed by atoms with Gasteiger partial charge in [-0.15, -0.1) is 0 Å². The third-order valence-corrected chi connectivity index (χ3v) is 4.01. The summed E-state index contributed by atoms with van der Waals surface area (Å²) in [5.41, 5.74) is 0.204. The number of anilines is 1. The minimum Gasteiger partial charge on any atom is -0.341 e. The maximum Gasteiger partial charge on any atom is 0.238 e. The molecular formula is C18H26FN3O2. The van der Waals surface area contributed by atoms with E-state index in [1.54, 1.807) is 12.1 Å². The lowest BCUT2D eigenvalue weighted by Crippen LogP contribution is -2.42. The molecule has 1 aromatic carbocycles. The number of amides is 2. The Bertz CT molecular complexity index is 581. The molecule has 0 radical (unpaired) electrons. The first-order valence-corrected chi connectivity index (χ1v) is 8.33. The second-order valence-electron chi connectivity index (χ2n) is 7.23. The van der Waals surface area contributed by atoms with Crippen molar-refractivity contribution in [2.24, 2.45) is 5.41 Å². The summed E-state index contributed by atoms with van der Waals surface area (Å²) < 4.78 is 12.9. The van der Waals surface area contributed by atoms with Crippen LogP contribution in [0.3, 0.4) is 0 Å². The molecule has 1 N–H and O–H groups in total. The zero-order valence-corrected chi connectivity index (χ0v) is 14.6. The van der Waals surface area contributed by atoms with Crippen LogP contribution < -0.4 is 5.32 Å². The number of benzene rings is 1. The van der Waals surface area contributed by atoms with Crippen LogP contribution in [-0.4, -0.2) is 54.3 Å². The first-order valence-electron chi connectivity index (χ1n) is 8.33. The molecule has 0 unspecified atom stereocenters. The fourth-order valence-electron chi connectivity index (χ4n) is 2.74. The van der Waals surface area contributed by atoms with Crippen molar-refractivity contribution in [3.05, 3.63) is 30.1 Å². The fourth-order valence-corrected chi connectivity index (χ4v) is 2.74. The average molecular weight is 335 g/mol. The van der Waals surface area contributed by atoms with Gasteiger partial charge in [0.1, 0.15) is 5.82 Å². The molecule has 0 atom stereocenters. The monoisotopic (exact) mass is 335 g/mol. The van der Waals surface area contributed by atoms with Crippen molar-refractivity contribution in [3.8, 4) is 0 Å². The van der Waals surface area contributed by atoms with Gasteiger partial charge in [0.25, 0.3) is 0 Å². The highest BCUT2D eigenvalue weighted by atomic mass is 19.1. The molecule has 1 heterocycles. The normalized spacial score (nSPS) is 16.6. The Morgan fingerprint density at radius 2 is 1.75 bits per heavy atom. The molecule has 2 rings (SSSR count). The molecule has 0 aromatic heterocycles. The number of nitrogens with one attached hydrogen (secondary N) is 1. The van der Waals surface area contributed by atoms with Crippen LogP contribution in [0.15, 0.2) is 24.3 Å². The number of rotatable bonds is 3. The van der Waals surface area contributed by atoms with Crippen LogP contribution >= 0.6 is 0 Å². The Labute approximate surface area is 142 Å². The van der Waals surface area contributed by atoms with Gasteiger partial charge in [-0.25, -0.2) is 4.39 Å². The Kier molecular flexibility index (Phi) is 5.94. The molecule has 0 bridgehead atoms. The number of halogens is 1. The molecule has 24 heavy (non-hydrogen) atoms. The maximum atomic E-state index is 12.9. The lowest BCUT2D eigenvalue weighted by Gasteiger charge is -2.28. The lowest BCUT2D eigenvalue weighted by molar-refractivity contribution is -0.139. The van der Waals surface area contributed by atoms with Crippen molar-refractivity contribution in [1.29, 1.82) is 0 Å². The van der Waals surface area contributed by atoms with Gasteiger partial charge in [-0.2, -0.15) is 0 Å². The minimum atomic E-state index is -0.380. The van der Waals surface area contributed by atoms with Crippen LogP contribution in [0.25, 0.3) is 0 Å². The largest absolute Gasteiger partial charge is 0.341 e. The highest BCUT2D eigenvalue weighted by Gasteiger charge is 2.28. The topological polar surface area (TPSA) is 52.7 Å². The third kappa shape index (κ3) is 5.30. The van der Waals surface area contributed by atoms with E-state index in [4.69, 9.17) is 0 Å². The summed E-state index contributed by atoms with van der Waals surface area (Å²) in [5.74, 6) is -0.304. The van der Waals surface area contributed by atoms with E-state index in [1.165, 1.54) is 12.1 Å². The van der Waals surface area contributed by atoms with Gasteiger partial charge in [0.15, 0.2) is 0 Å². The highest BCUT2D eigenvalue weighted by molar-refractivity contribution is 5.92. The predicted octanol–water partition coefficient (Wildman–Crippen LogP) is 2.34. The summed E-state index contributed by atoms with van der Waals surface area (Å²) >= 11 is 0. The van der Waals surface area contributed by atoms with E-state index in [-0.39, 0.29) is 29.6 Å². The molecule has 1 fully saturated rings. The molecule has 1 aromatic rings. The Balaban J connectivity index is 1.84. The van der Waals surface area contributed by atoms with E-state index in [2.05, 4.69) is 10.2 Å². The fraction of sp³-hybridized carbons (Fsp3) is 0.556. The molecule has 5 nitrogen and oxygen atoms in total.